The molecule has 0 heterocycles. The predicted octanol–water partition coefficient (Wildman–Crippen LogP) is 1.12. The molecule has 0 N–H and O–H groups in total. The van der Waals surface area contributed by atoms with Crippen molar-refractivity contribution in [3.8, 4) is 35.5 Å². The largest absolute Gasteiger partial charge is 0.466 e. The molecule has 100 valence electrons. The lowest BCUT2D eigenvalue weighted by atomic mass is 10.4. The topological polar surface area (TPSA) is 44.8 Å². The van der Waals surface area contributed by atoms with Gasteiger partial charge in [-0.25, -0.2) is 4.79 Å². The summed E-state index contributed by atoms with van der Waals surface area (Å²) in [6.07, 6.45) is 2.01. The van der Waals surface area contributed by atoms with Crippen molar-refractivity contribution >= 4 is 5.97 Å². The Bertz CT molecular complexity index is 465. The van der Waals surface area contributed by atoms with Gasteiger partial charge in [-0.05, 0) is 49.5 Å². The third kappa shape index (κ3) is 10.7. The maximum absolute atomic E-state index is 10.7. The highest BCUT2D eigenvalue weighted by Gasteiger charge is 2.00. The highest BCUT2D eigenvalue weighted by molar-refractivity contribution is 5.82. The Morgan fingerprint density at radius 2 is 1.74 bits per heavy atom. The van der Waals surface area contributed by atoms with Crippen LogP contribution >= 0.6 is 0 Å². The summed E-state index contributed by atoms with van der Waals surface area (Å²) in [5.74, 6) is 15.0. The van der Waals surface area contributed by atoms with Crippen molar-refractivity contribution in [2.45, 2.75) is 20.1 Å². The number of allylic oxidation sites excluding steroid dienone is 1. The number of esters is 1. The molecule has 19 heavy (non-hydrogen) atoms. The van der Waals surface area contributed by atoms with Crippen LogP contribution in [0.1, 0.15) is 13.8 Å². The maximum Gasteiger partial charge on any atom is 0.331 e. The molecule has 0 aromatic carbocycles. The second-order valence-electron chi connectivity index (χ2n) is 2.89. The van der Waals surface area contributed by atoms with E-state index in [2.05, 4.69) is 40.3 Å². The minimum atomic E-state index is -0.559. The SMILES string of the molecule is CCOC(C#CC#CC#C/C=C/C(=O)OC)OCC. The van der Waals surface area contributed by atoms with Crippen LogP contribution in [-0.2, 0) is 19.0 Å². The second kappa shape index (κ2) is 12.3. The zero-order valence-electron chi connectivity index (χ0n) is 11.3. The molecule has 0 rings (SSSR count). The van der Waals surface area contributed by atoms with Crippen LogP contribution in [0.3, 0.4) is 0 Å². The summed E-state index contributed by atoms with van der Waals surface area (Å²) in [5, 5.41) is 0. The van der Waals surface area contributed by atoms with Gasteiger partial charge in [-0.3, -0.25) is 0 Å². The molecule has 0 spiro atoms. The van der Waals surface area contributed by atoms with Gasteiger partial charge in [0.1, 0.15) is 0 Å². The molecule has 0 amide bonds. The number of methoxy groups -OCH3 is 1. The van der Waals surface area contributed by atoms with E-state index in [4.69, 9.17) is 9.47 Å². The second-order valence-corrected chi connectivity index (χ2v) is 2.89. The van der Waals surface area contributed by atoms with Crippen molar-refractivity contribution in [1.29, 1.82) is 0 Å². The van der Waals surface area contributed by atoms with Gasteiger partial charge < -0.3 is 14.2 Å². The van der Waals surface area contributed by atoms with Gasteiger partial charge in [0.2, 0.25) is 6.29 Å². The van der Waals surface area contributed by atoms with Crippen molar-refractivity contribution in [1.82, 2.24) is 0 Å². The number of hydrogen-bond acceptors (Lipinski definition) is 4. The number of hydrogen-bond donors (Lipinski definition) is 0. The molecule has 0 saturated heterocycles. The Kier molecular flexibility index (Phi) is 10.9. The van der Waals surface area contributed by atoms with Crippen LogP contribution in [0.2, 0.25) is 0 Å². The first-order valence-corrected chi connectivity index (χ1v) is 5.73. The zero-order valence-corrected chi connectivity index (χ0v) is 11.3. The fourth-order valence-corrected chi connectivity index (χ4v) is 0.847. The highest BCUT2D eigenvalue weighted by atomic mass is 16.7. The fourth-order valence-electron chi connectivity index (χ4n) is 0.847. The molecular formula is C15H16O4. The lowest BCUT2D eigenvalue weighted by Crippen LogP contribution is -2.14. The minimum Gasteiger partial charge on any atom is -0.466 e. The van der Waals surface area contributed by atoms with E-state index in [-0.39, 0.29) is 0 Å². The fraction of sp³-hybridized carbons (Fsp3) is 0.400. The summed E-state index contributed by atoms with van der Waals surface area (Å²) < 4.78 is 14.8. The van der Waals surface area contributed by atoms with Gasteiger partial charge in [-0.2, -0.15) is 0 Å². The molecule has 4 heteroatoms. The quantitative estimate of drug-likeness (QED) is 0.322. The van der Waals surface area contributed by atoms with Crippen LogP contribution in [0.25, 0.3) is 0 Å². The summed E-state index contributed by atoms with van der Waals surface area (Å²) in [6, 6.07) is 0. The summed E-state index contributed by atoms with van der Waals surface area (Å²) in [7, 11) is 1.29. The van der Waals surface area contributed by atoms with E-state index in [1.165, 1.54) is 19.3 Å². The van der Waals surface area contributed by atoms with Gasteiger partial charge in [-0.15, -0.1) is 0 Å². The molecule has 0 fully saturated rings. The summed E-state index contributed by atoms with van der Waals surface area (Å²) >= 11 is 0. The number of carbonyl (C=O) groups is 1. The van der Waals surface area contributed by atoms with Crippen LogP contribution in [0.4, 0.5) is 0 Å². The van der Waals surface area contributed by atoms with Gasteiger partial charge in [-0.1, -0.05) is 5.92 Å². The standard InChI is InChI=1S/C15H16O4/c1-4-18-15(19-5-2)13-11-9-7-6-8-10-12-14(16)17-3/h10,12,15H,4-5H2,1-3H3/b12-10+. The van der Waals surface area contributed by atoms with Crippen LogP contribution in [-0.4, -0.2) is 32.6 Å². The number of ether oxygens (including phenoxy) is 3. The number of rotatable bonds is 5. The van der Waals surface area contributed by atoms with E-state index in [1.54, 1.807) is 0 Å². The highest BCUT2D eigenvalue weighted by Crippen LogP contribution is 1.91. The van der Waals surface area contributed by atoms with Crippen LogP contribution in [0.15, 0.2) is 12.2 Å². The molecule has 0 radical (unpaired) electrons. The van der Waals surface area contributed by atoms with Crippen LogP contribution in [0, 0.1) is 35.5 Å². The molecule has 0 unspecified atom stereocenters. The summed E-state index contributed by atoms with van der Waals surface area (Å²) in [6.45, 7) is 4.76. The Morgan fingerprint density at radius 1 is 1.11 bits per heavy atom. The van der Waals surface area contributed by atoms with E-state index >= 15 is 0 Å². The van der Waals surface area contributed by atoms with Crippen molar-refractivity contribution in [3.05, 3.63) is 12.2 Å². The average molecular weight is 260 g/mol. The van der Waals surface area contributed by atoms with E-state index in [0.717, 1.165) is 0 Å². The Labute approximate surface area is 114 Å². The third-order valence-corrected chi connectivity index (χ3v) is 1.59. The first-order chi connectivity index (χ1) is 9.24. The first kappa shape index (κ1) is 16.8. The lowest BCUT2D eigenvalue weighted by Gasteiger charge is -2.08. The van der Waals surface area contributed by atoms with Crippen LogP contribution in [0.5, 0.6) is 0 Å². The lowest BCUT2D eigenvalue weighted by molar-refractivity contribution is -0.134. The molecule has 0 aromatic rings. The molecular weight excluding hydrogens is 244 g/mol. The van der Waals surface area contributed by atoms with Gasteiger partial charge in [0.15, 0.2) is 0 Å². The molecule has 0 aliphatic rings. The van der Waals surface area contributed by atoms with E-state index in [9.17, 15) is 4.79 Å². The van der Waals surface area contributed by atoms with Gasteiger partial charge in [0, 0.05) is 19.3 Å². The van der Waals surface area contributed by atoms with Crippen molar-refractivity contribution in [2.75, 3.05) is 20.3 Å². The molecule has 0 aliphatic heterocycles. The Balaban J connectivity index is 4.27. The van der Waals surface area contributed by atoms with Gasteiger partial charge in [0.05, 0.1) is 7.11 Å². The first-order valence-electron chi connectivity index (χ1n) is 5.73. The molecule has 0 saturated carbocycles. The minimum absolute atomic E-state index is 0.460. The Morgan fingerprint density at radius 3 is 2.32 bits per heavy atom. The molecule has 0 bridgehead atoms. The summed E-state index contributed by atoms with van der Waals surface area (Å²) in [4.78, 5) is 10.7. The van der Waals surface area contributed by atoms with Crippen LogP contribution < -0.4 is 0 Å². The van der Waals surface area contributed by atoms with Crippen molar-refractivity contribution in [2.24, 2.45) is 0 Å². The zero-order chi connectivity index (χ0) is 14.3. The van der Waals surface area contributed by atoms with E-state index in [0.29, 0.717) is 13.2 Å². The molecule has 0 atom stereocenters. The van der Waals surface area contributed by atoms with Crippen molar-refractivity contribution in [3.63, 3.8) is 0 Å². The molecule has 0 aromatic heterocycles. The maximum atomic E-state index is 10.7. The van der Waals surface area contributed by atoms with Crippen molar-refractivity contribution < 1.29 is 19.0 Å². The van der Waals surface area contributed by atoms with Gasteiger partial charge in [0.25, 0.3) is 0 Å². The van der Waals surface area contributed by atoms with E-state index in [1.807, 2.05) is 13.8 Å². The molecule has 0 aliphatic carbocycles. The van der Waals surface area contributed by atoms with E-state index < -0.39 is 12.3 Å². The predicted molar refractivity (Wildman–Crippen MR) is 71.5 cm³/mol. The van der Waals surface area contributed by atoms with Gasteiger partial charge >= 0.3 is 5.97 Å². The number of carbonyl (C=O) groups excluding carboxylic acids is 1. The Hall–Kier alpha value is -2.19. The monoisotopic (exact) mass is 260 g/mol. The normalized spacial score (nSPS) is 8.84. The average Bonchev–Trinajstić information content (AvgIpc) is 2.41. The summed E-state index contributed by atoms with van der Waals surface area (Å²) in [5.41, 5.74) is 0. The third-order valence-electron chi connectivity index (χ3n) is 1.59. The smallest absolute Gasteiger partial charge is 0.331 e. The molecule has 4 nitrogen and oxygen atoms in total.